The maximum atomic E-state index is 6.14. The minimum absolute atomic E-state index is 0. The predicted molar refractivity (Wildman–Crippen MR) is 72.5 cm³/mol. The van der Waals surface area contributed by atoms with Gasteiger partial charge in [0.05, 0.1) is 0 Å². The van der Waals surface area contributed by atoms with E-state index in [2.05, 4.69) is 54.9 Å². The fourth-order valence-corrected chi connectivity index (χ4v) is 2.02. The molecule has 1 aromatic carbocycles. The summed E-state index contributed by atoms with van der Waals surface area (Å²) >= 11 is 3.48. The summed E-state index contributed by atoms with van der Waals surface area (Å²) in [5.41, 5.74) is 8.68. The van der Waals surface area contributed by atoms with E-state index in [1.54, 1.807) is 0 Å². The van der Waals surface area contributed by atoms with Gasteiger partial charge in [-0.3, -0.25) is 0 Å². The zero-order valence-electron chi connectivity index (χ0n) is 9.46. The molecule has 0 radical (unpaired) electrons. The molecule has 15 heavy (non-hydrogen) atoms. The van der Waals surface area contributed by atoms with Crippen LogP contribution in [0.25, 0.3) is 0 Å². The molecule has 1 rings (SSSR count). The van der Waals surface area contributed by atoms with Crippen molar-refractivity contribution < 1.29 is 0 Å². The van der Waals surface area contributed by atoms with Crippen molar-refractivity contribution in [2.24, 2.45) is 11.7 Å². The van der Waals surface area contributed by atoms with Crippen molar-refractivity contribution in [3.05, 3.63) is 33.8 Å². The molecule has 0 amide bonds. The Morgan fingerprint density at radius 2 is 1.93 bits per heavy atom. The topological polar surface area (TPSA) is 26.0 Å². The summed E-state index contributed by atoms with van der Waals surface area (Å²) in [5.74, 6) is 0.642. The van der Waals surface area contributed by atoms with Crippen LogP contribution in [0.3, 0.4) is 0 Å². The molecule has 2 N–H and O–H groups in total. The third-order valence-electron chi connectivity index (χ3n) is 2.37. The van der Waals surface area contributed by atoms with E-state index in [0.717, 1.165) is 10.9 Å². The first-order valence-corrected chi connectivity index (χ1v) is 5.81. The molecule has 0 bridgehead atoms. The van der Waals surface area contributed by atoms with E-state index in [9.17, 15) is 0 Å². The van der Waals surface area contributed by atoms with E-state index in [-0.39, 0.29) is 18.4 Å². The molecule has 0 unspecified atom stereocenters. The second-order valence-electron chi connectivity index (χ2n) is 4.24. The van der Waals surface area contributed by atoms with Gasteiger partial charge in [-0.1, -0.05) is 35.8 Å². The Kier molecular flexibility index (Phi) is 6.49. The zero-order valence-corrected chi connectivity index (χ0v) is 11.9. The van der Waals surface area contributed by atoms with Crippen molar-refractivity contribution in [2.75, 3.05) is 0 Å². The van der Waals surface area contributed by atoms with Crippen LogP contribution in [0.5, 0.6) is 0 Å². The monoisotopic (exact) mass is 291 g/mol. The highest BCUT2D eigenvalue weighted by atomic mass is 79.9. The highest BCUT2D eigenvalue weighted by Gasteiger charge is 2.10. The van der Waals surface area contributed by atoms with Crippen LogP contribution in [0.15, 0.2) is 22.7 Å². The Morgan fingerprint density at radius 3 is 2.47 bits per heavy atom. The van der Waals surface area contributed by atoms with Crippen LogP contribution in [0.2, 0.25) is 0 Å². The van der Waals surface area contributed by atoms with Crippen LogP contribution in [-0.4, -0.2) is 0 Å². The molecule has 0 saturated carbocycles. The van der Waals surface area contributed by atoms with Gasteiger partial charge >= 0.3 is 0 Å². The summed E-state index contributed by atoms with van der Waals surface area (Å²) in [6, 6.07) is 6.45. The number of aryl methyl sites for hydroxylation is 1. The first-order valence-electron chi connectivity index (χ1n) is 5.02. The van der Waals surface area contributed by atoms with Crippen LogP contribution in [-0.2, 0) is 0 Å². The number of hydrogen-bond acceptors (Lipinski definition) is 1. The molecule has 0 saturated heterocycles. The zero-order chi connectivity index (χ0) is 10.7. The van der Waals surface area contributed by atoms with Crippen LogP contribution in [0, 0.1) is 12.8 Å². The molecular weight excluding hydrogens is 273 g/mol. The second kappa shape index (κ2) is 6.51. The minimum Gasteiger partial charge on any atom is -0.324 e. The number of benzene rings is 1. The highest BCUT2D eigenvalue weighted by Crippen LogP contribution is 2.24. The normalized spacial score (nSPS) is 12.4. The van der Waals surface area contributed by atoms with Gasteiger partial charge in [-0.25, -0.2) is 0 Å². The molecule has 1 atom stereocenters. The fourth-order valence-electron chi connectivity index (χ4n) is 1.65. The standard InChI is InChI=1S/C12H18BrN.ClH/c1-8(2)6-12(14)11-7-10(13)5-4-9(11)3;/h4-5,7-8,12H,6,14H2,1-3H3;1H/t12-;/m0./s1. The largest absolute Gasteiger partial charge is 0.324 e. The van der Waals surface area contributed by atoms with Gasteiger partial charge in [-0.15, -0.1) is 12.4 Å². The molecule has 0 heterocycles. The third kappa shape index (κ3) is 4.54. The molecule has 1 aromatic rings. The van der Waals surface area contributed by atoms with Gasteiger partial charge in [0, 0.05) is 10.5 Å². The first-order chi connectivity index (χ1) is 6.50. The summed E-state index contributed by atoms with van der Waals surface area (Å²) < 4.78 is 1.11. The second-order valence-corrected chi connectivity index (χ2v) is 5.15. The fraction of sp³-hybridized carbons (Fsp3) is 0.500. The van der Waals surface area contributed by atoms with E-state index in [1.807, 2.05) is 0 Å². The molecule has 1 nitrogen and oxygen atoms in total. The number of rotatable bonds is 3. The van der Waals surface area contributed by atoms with Gasteiger partial charge in [-0.05, 0) is 42.5 Å². The quantitative estimate of drug-likeness (QED) is 0.886. The van der Waals surface area contributed by atoms with E-state index in [0.29, 0.717) is 5.92 Å². The van der Waals surface area contributed by atoms with Gasteiger partial charge in [0.15, 0.2) is 0 Å². The number of nitrogens with two attached hydrogens (primary N) is 1. The Hall–Kier alpha value is -0.0500. The van der Waals surface area contributed by atoms with E-state index >= 15 is 0 Å². The van der Waals surface area contributed by atoms with E-state index in [1.165, 1.54) is 11.1 Å². The van der Waals surface area contributed by atoms with Gasteiger partial charge in [0.1, 0.15) is 0 Å². The summed E-state index contributed by atoms with van der Waals surface area (Å²) in [7, 11) is 0. The van der Waals surface area contributed by atoms with E-state index < -0.39 is 0 Å². The van der Waals surface area contributed by atoms with Crippen molar-refractivity contribution in [3.63, 3.8) is 0 Å². The molecule has 0 aliphatic carbocycles. The highest BCUT2D eigenvalue weighted by molar-refractivity contribution is 9.10. The summed E-state index contributed by atoms with van der Waals surface area (Å²) in [6.45, 7) is 6.52. The Labute approximate surface area is 107 Å². The van der Waals surface area contributed by atoms with Crippen molar-refractivity contribution in [2.45, 2.75) is 33.2 Å². The molecule has 0 aliphatic rings. The van der Waals surface area contributed by atoms with Gasteiger partial charge < -0.3 is 5.73 Å². The van der Waals surface area contributed by atoms with Crippen LogP contribution >= 0.6 is 28.3 Å². The lowest BCUT2D eigenvalue weighted by Crippen LogP contribution is -2.14. The van der Waals surface area contributed by atoms with Crippen LogP contribution in [0.1, 0.15) is 37.4 Å². The Balaban J connectivity index is 0.00000196. The average molecular weight is 293 g/mol. The maximum Gasteiger partial charge on any atom is 0.0300 e. The maximum absolute atomic E-state index is 6.14. The summed E-state index contributed by atoms with van der Waals surface area (Å²) in [4.78, 5) is 0. The lowest BCUT2D eigenvalue weighted by Gasteiger charge is -2.17. The van der Waals surface area contributed by atoms with Gasteiger partial charge in [-0.2, -0.15) is 0 Å². The van der Waals surface area contributed by atoms with Crippen LogP contribution in [0.4, 0.5) is 0 Å². The minimum atomic E-state index is 0. The number of hydrogen-bond donors (Lipinski definition) is 1. The molecule has 3 heteroatoms. The average Bonchev–Trinajstić information content (AvgIpc) is 2.08. The molecule has 0 fully saturated rings. The Morgan fingerprint density at radius 1 is 1.33 bits per heavy atom. The molecule has 0 aromatic heterocycles. The van der Waals surface area contributed by atoms with E-state index in [4.69, 9.17) is 5.73 Å². The van der Waals surface area contributed by atoms with Crippen molar-refractivity contribution in [1.82, 2.24) is 0 Å². The summed E-state index contributed by atoms with van der Waals surface area (Å²) in [6.07, 6.45) is 1.04. The molecule has 86 valence electrons. The lowest BCUT2D eigenvalue weighted by atomic mass is 9.95. The molecule has 0 aliphatic heterocycles. The first kappa shape index (κ1) is 14.9. The van der Waals surface area contributed by atoms with Crippen molar-refractivity contribution in [1.29, 1.82) is 0 Å². The van der Waals surface area contributed by atoms with Gasteiger partial charge in [0.2, 0.25) is 0 Å². The number of halogens is 2. The van der Waals surface area contributed by atoms with Crippen LogP contribution < -0.4 is 5.73 Å². The Bertz CT molecular complexity index is 312. The van der Waals surface area contributed by atoms with Gasteiger partial charge in [0.25, 0.3) is 0 Å². The predicted octanol–water partition coefficient (Wildman–Crippen LogP) is 4.23. The SMILES string of the molecule is Cc1ccc(Br)cc1[C@@H](N)CC(C)C.Cl. The third-order valence-corrected chi connectivity index (χ3v) is 2.86. The smallest absolute Gasteiger partial charge is 0.0300 e. The lowest BCUT2D eigenvalue weighted by molar-refractivity contribution is 0.508. The summed E-state index contributed by atoms with van der Waals surface area (Å²) in [5, 5.41) is 0. The van der Waals surface area contributed by atoms with Crippen molar-refractivity contribution >= 4 is 28.3 Å². The van der Waals surface area contributed by atoms with Crippen molar-refractivity contribution in [3.8, 4) is 0 Å². The molecule has 0 spiro atoms. The molecular formula is C12H19BrClN.